The van der Waals surface area contributed by atoms with E-state index in [9.17, 15) is 9.90 Å². The van der Waals surface area contributed by atoms with Crippen molar-refractivity contribution in [3.8, 4) is 11.6 Å². The number of nitrogens with zero attached hydrogens (tertiary/aromatic N) is 1. The molecule has 0 aliphatic rings. The van der Waals surface area contributed by atoms with Crippen molar-refractivity contribution in [3.05, 3.63) is 39.2 Å². The molecule has 2 aromatic rings. The average Bonchev–Trinajstić information content (AvgIpc) is 2.68. The summed E-state index contributed by atoms with van der Waals surface area (Å²) in [6, 6.07) is 6.73. The van der Waals surface area contributed by atoms with E-state index >= 15 is 0 Å². The number of carbonyl (C=O) groups excluding carboxylic acids is 1. The lowest BCUT2D eigenvalue weighted by Gasteiger charge is -2.06. The molecule has 1 aromatic heterocycles. The monoisotopic (exact) mass is 267 g/mol. The molecule has 4 nitrogen and oxygen atoms in total. The summed E-state index contributed by atoms with van der Waals surface area (Å²) in [6.07, 6.45) is 0. The summed E-state index contributed by atoms with van der Waals surface area (Å²) in [5.74, 6) is -0.366. The number of ether oxygens (including phenoxy) is 1. The lowest BCUT2D eigenvalue weighted by molar-refractivity contribution is 0.0600. The molecule has 6 heteroatoms. The van der Waals surface area contributed by atoms with Gasteiger partial charge in [-0.3, -0.25) is 4.57 Å². The summed E-state index contributed by atoms with van der Waals surface area (Å²) in [7, 11) is 1.32. The molecule has 1 heterocycles. The van der Waals surface area contributed by atoms with E-state index in [0.717, 1.165) is 0 Å². The van der Waals surface area contributed by atoms with Crippen molar-refractivity contribution in [2.24, 2.45) is 0 Å². The second-order valence-electron chi connectivity index (χ2n) is 3.24. The Balaban J connectivity index is 2.54. The van der Waals surface area contributed by atoms with Crippen LogP contribution in [0, 0.1) is 3.95 Å². The van der Waals surface area contributed by atoms with Gasteiger partial charge in [-0.15, -0.1) is 11.3 Å². The van der Waals surface area contributed by atoms with E-state index in [1.54, 1.807) is 29.6 Å². The lowest BCUT2D eigenvalue weighted by Crippen LogP contribution is -2.02. The van der Waals surface area contributed by atoms with Gasteiger partial charge in [0.15, 0.2) is 3.95 Å². The highest BCUT2D eigenvalue weighted by Gasteiger charge is 2.09. The van der Waals surface area contributed by atoms with Crippen LogP contribution < -0.4 is 0 Å². The Morgan fingerprint density at radius 2 is 2.29 bits per heavy atom. The third-order valence-corrected chi connectivity index (χ3v) is 3.39. The normalized spacial score (nSPS) is 10.2. The molecule has 17 heavy (non-hydrogen) atoms. The highest BCUT2D eigenvalue weighted by molar-refractivity contribution is 7.73. The van der Waals surface area contributed by atoms with E-state index < -0.39 is 5.97 Å². The molecule has 0 bridgehead atoms. The molecule has 0 unspecified atom stereocenters. The maximum atomic E-state index is 11.4. The lowest BCUT2D eigenvalue weighted by atomic mass is 10.2. The van der Waals surface area contributed by atoms with Gasteiger partial charge in [0.1, 0.15) is 0 Å². The van der Waals surface area contributed by atoms with Gasteiger partial charge in [0.25, 0.3) is 0 Å². The van der Waals surface area contributed by atoms with Crippen molar-refractivity contribution in [2.75, 3.05) is 7.11 Å². The Kier molecular flexibility index (Phi) is 3.26. The SMILES string of the molecule is COC(=O)c1cccc(-n2c(O)csc2=S)c1. The summed E-state index contributed by atoms with van der Waals surface area (Å²) in [5.41, 5.74) is 1.05. The number of benzene rings is 1. The van der Waals surface area contributed by atoms with Gasteiger partial charge in [-0.25, -0.2) is 4.79 Å². The number of aromatic nitrogens is 1. The van der Waals surface area contributed by atoms with Crippen LogP contribution in [-0.2, 0) is 4.74 Å². The third-order valence-electron chi connectivity index (χ3n) is 2.20. The van der Waals surface area contributed by atoms with Crippen LogP contribution in [0.5, 0.6) is 5.88 Å². The highest BCUT2D eigenvalue weighted by atomic mass is 32.1. The summed E-state index contributed by atoms with van der Waals surface area (Å²) in [5, 5.41) is 11.2. The predicted octanol–water partition coefficient (Wildman–Crippen LogP) is 2.76. The van der Waals surface area contributed by atoms with E-state index in [0.29, 0.717) is 15.2 Å². The van der Waals surface area contributed by atoms with E-state index in [-0.39, 0.29) is 5.88 Å². The van der Waals surface area contributed by atoms with Gasteiger partial charge in [-0.1, -0.05) is 6.07 Å². The standard InChI is InChI=1S/C11H9NO3S2/c1-15-10(14)7-3-2-4-8(5-7)12-9(13)6-17-11(12)16/h2-6,13H,1H3. The van der Waals surface area contributed by atoms with Crippen LogP contribution in [-0.4, -0.2) is 22.8 Å². The van der Waals surface area contributed by atoms with Crippen molar-refractivity contribution < 1.29 is 14.6 Å². The molecule has 0 atom stereocenters. The quantitative estimate of drug-likeness (QED) is 0.671. The first-order valence-electron chi connectivity index (χ1n) is 4.71. The second kappa shape index (κ2) is 4.68. The van der Waals surface area contributed by atoms with Crippen LogP contribution >= 0.6 is 23.6 Å². The fourth-order valence-electron chi connectivity index (χ4n) is 1.43. The van der Waals surface area contributed by atoms with Crippen LogP contribution in [0.25, 0.3) is 5.69 Å². The molecule has 0 fully saturated rings. The minimum absolute atomic E-state index is 0.0574. The van der Waals surface area contributed by atoms with Gasteiger partial charge in [0, 0.05) is 0 Å². The summed E-state index contributed by atoms with van der Waals surface area (Å²) < 4.78 is 6.65. The van der Waals surface area contributed by atoms with Crippen LogP contribution in [0.2, 0.25) is 0 Å². The number of hydrogen-bond donors (Lipinski definition) is 1. The minimum Gasteiger partial charge on any atom is -0.494 e. The first-order valence-corrected chi connectivity index (χ1v) is 6.00. The number of hydrogen-bond acceptors (Lipinski definition) is 5. The smallest absolute Gasteiger partial charge is 0.337 e. The second-order valence-corrected chi connectivity index (χ2v) is 4.74. The Labute approximate surface area is 107 Å². The van der Waals surface area contributed by atoms with Gasteiger partial charge >= 0.3 is 5.97 Å². The zero-order valence-electron chi connectivity index (χ0n) is 8.91. The topological polar surface area (TPSA) is 51.5 Å². The maximum Gasteiger partial charge on any atom is 0.337 e. The average molecular weight is 267 g/mol. The Bertz CT molecular complexity index is 615. The van der Waals surface area contributed by atoms with Gasteiger partial charge in [0.05, 0.1) is 23.7 Å². The van der Waals surface area contributed by atoms with Crippen LogP contribution in [0.1, 0.15) is 10.4 Å². The van der Waals surface area contributed by atoms with Crippen LogP contribution in [0.4, 0.5) is 0 Å². The molecule has 0 saturated heterocycles. The molecular weight excluding hydrogens is 258 g/mol. The Hall–Kier alpha value is -1.66. The Morgan fingerprint density at radius 1 is 1.53 bits per heavy atom. The Morgan fingerprint density at radius 3 is 2.88 bits per heavy atom. The molecule has 0 spiro atoms. The number of rotatable bonds is 2. The molecule has 0 aliphatic heterocycles. The highest BCUT2D eigenvalue weighted by Crippen LogP contribution is 2.23. The van der Waals surface area contributed by atoms with Crippen molar-refractivity contribution in [2.45, 2.75) is 0 Å². The number of thiazole rings is 1. The molecule has 88 valence electrons. The molecule has 2 rings (SSSR count). The largest absolute Gasteiger partial charge is 0.494 e. The van der Waals surface area contributed by atoms with Gasteiger partial charge in [0.2, 0.25) is 5.88 Å². The summed E-state index contributed by atoms with van der Waals surface area (Å²) >= 11 is 6.35. The zero-order chi connectivity index (χ0) is 12.4. The van der Waals surface area contributed by atoms with Crippen LogP contribution in [0.15, 0.2) is 29.6 Å². The van der Waals surface area contributed by atoms with Crippen molar-refractivity contribution in [1.82, 2.24) is 4.57 Å². The maximum absolute atomic E-state index is 11.4. The first-order chi connectivity index (χ1) is 8.13. The first kappa shape index (κ1) is 11.8. The molecule has 0 amide bonds. The van der Waals surface area contributed by atoms with Gasteiger partial charge in [-0.05, 0) is 30.4 Å². The van der Waals surface area contributed by atoms with E-state index in [2.05, 4.69) is 4.74 Å². The number of methoxy groups -OCH3 is 1. The fraction of sp³-hybridized carbons (Fsp3) is 0.0909. The zero-order valence-corrected chi connectivity index (χ0v) is 10.5. The molecule has 1 N–H and O–H groups in total. The predicted molar refractivity (Wildman–Crippen MR) is 67.5 cm³/mol. The van der Waals surface area contributed by atoms with Crippen molar-refractivity contribution in [1.29, 1.82) is 0 Å². The van der Waals surface area contributed by atoms with E-state index in [1.807, 2.05) is 0 Å². The van der Waals surface area contributed by atoms with Gasteiger partial charge in [-0.2, -0.15) is 0 Å². The third kappa shape index (κ3) is 2.22. The molecule has 1 aromatic carbocycles. The molecule has 0 saturated carbocycles. The molecule has 0 aliphatic carbocycles. The summed E-state index contributed by atoms with van der Waals surface area (Å²) in [6.45, 7) is 0. The van der Waals surface area contributed by atoms with Crippen molar-refractivity contribution in [3.63, 3.8) is 0 Å². The van der Waals surface area contributed by atoms with Gasteiger partial charge < -0.3 is 9.84 Å². The summed E-state index contributed by atoms with van der Waals surface area (Å²) in [4.78, 5) is 11.4. The molecule has 0 radical (unpaired) electrons. The number of carbonyl (C=O) groups is 1. The molecular formula is C11H9NO3S2. The van der Waals surface area contributed by atoms with E-state index in [1.165, 1.54) is 23.0 Å². The van der Waals surface area contributed by atoms with Crippen molar-refractivity contribution >= 4 is 29.5 Å². The minimum atomic E-state index is -0.423. The number of esters is 1. The van der Waals surface area contributed by atoms with E-state index in [4.69, 9.17) is 12.2 Å². The number of aromatic hydroxyl groups is 1. The fourth-order valence-corrected chi connectivity index (χ4v) is 2.39. The van der Waals surface area contributed by atoms with Crippen LogP contribution in [0.3, 0.4) is 0 Å².